The molecule has 0 aliphatic heterocycles. The molecule has 0 aromatic carbocycles. The van der Waals surface area contributed by atoms with Crippen LogP contribution in [-0.2, 0) is 9.59 Å². The molecule has 0 unspecified atom stereocenters. The van der Waals surface area contributed by atoms with E-state index in [2.05, 4.69) is 13.8 Å². The molecule has 0 saturated heterocycles. The second kappa shape index (κ2) is 21.2. The van der Waals surface area contributed by atoms with Crippen LogP contribution in [-0.4, -0.2) is 47.8 Å². The third-order valence-corrected chi connectivity index (χ3v) is 6.10. The molecule has 0 N–H and O–H groups in total. The zero-order valence-electron chi connectivity index (χ0n) is 20.9. The molecule has 0 aromatic rings. The highest BCUT2D eigenvalue weighted by Gasteiger charge is 2.15. The van der Waals surface area contributed by atoms with Crippen LogP contribution in [0.25, 0.3) is 0 Å². The number of amides is 2. The van der Waals surface area contributed by atoms with E-state index in [0.29, 0.717) is 25.9 Å². The average Bonchev–Trinajstić information content (AvgIpc) is 2.75. The summed E-state index contributed by atoms with van der Waals surface area (Å²) >= 11 is 0. The highest BCUT2D eigenvalue weighted by Crippen LogP contribution is 2.11. The van der Waals surface area contributed by atoms with Gasteiger partial charge in [0.2, 0.25) is 11.8 Å². The maximum atomic E-state index is 12.5. The molecule has 0 fully saturated rings. The predicted molar refractivity (Wildman–Crippen MR) is 130 cm³/mol. The van der Waals surface area contributed by atoms with Crippen molar-refractivity contribution >= 4 is 11.8 Å². The Balaban J connectivity index is 4.01. The molecule has 178 valence electrons. The number of hydrogen-bond acceptors (Lipinski definition) is 2. The summed E-state index contributed by atoms with van der Waals surface area (Å²) in [5.74, 6) is 0.503. The summed E-state index contributed by atoms with van der Waals surface area (Å²) in [4.78, 5) is 28.9. The van der Waals surface area contributed by atoms with Crippen LogP contribution in [0.15, 0.2) is 0 Å². The van der Waals surface area contributed by atoms with Crippen molar-refractivity contribution in [1.29, 1.82) is 0 Å². The first-order valence-electron chi connectivity index (χ1n) is 13.2. The van der Waals surface area contributed by atoms with Gasteiger partial charge in [-0.25, -0.2) is 0 Å². The molecule has 0 radical (unpaired) electrons. The SMILES string of the molecule is CCCCCCCCCC(=O)N(CC)CCN(CC)C(=O)CCCCCCCCC. The van der Waals surface area contributed by atoms with Crippen LogP contribution in [0.1, 0.15) is 130 Å². The first kappa shape index (κ1) is 28.9. The standard InChI is InChI=1S/C26H52N2O2/c1-5-9-11-13-15-17-19-21-25(29)27(7-3)23-24-28(8-4)26(30)22-20-18-16-14-12-10-6-2/h5-24H2,1-4H3. The van der Waals surface area contributed by atoms with Crippen molar-refractivity contribution in [2.24, 2.45) is 0 Å². The Kier molecular flexibility index (Phi) is 20.4. The van der Waals surface area contributed by atoms with Gasteiger partial charge in [0.15, 0.2) is 0 Å². The normalized spacial score (nSPS) is 10.9. The lowest BCUT2D eigenvalue weighted by atomic mass is 10.1. The summed E-state index contributed by atoms with van der Waals surface area (Å²) in [5.41, 5.74) is 0. The van der Waals surface area contributed by atoms with E-state index in [-0.39, 0.29) is 11.8 Å². The number of unbranched alkanes of at least 4 members (excludes halogenated alkanes) is 12. The topological polar surface area (TPSA) is 40.6 Å². The lowest BCUT2D eigenvalue weighted by Gasteiger charge is -2.26. The number of nitrogens with zero attached hydrogens (tertiary/aromatic N) is 2. The smallest absolute Gasteiger partial charge is 0.222 e. The third kappa shape index (κ3) is 15.7. The van der Waals surface area contributed by atoms with Crippen LogP contribution in [0.2, 0.25) is 0 Å². The van der Waals surface area contributed by atoms with E-state index < -0.39 is 0 Å². The van der Waals surface area contributed by atoms with Crippen LogP contribution in [0, 0.1) is 0 Å². The van der Waals surface area contributed by atoms with Crippen LogP contribution >= 0.6 is 0 Å². The fourth-order valence-electron chi connectivity index (χ4n) is 3.94. The summed E-state index contributed by atoms with van der Waals surface area (Å²) in [5, 5.41) is 0. The van der Waals surface area contributed by atoms with Crippen molar-refractivity contribution in [3.05, 3.63) is 0 Å². The van der Waals surface area contributed by atoms with Gasteiger partial charge in [-0.05, 0) is 26.7 Å². The van der Waals surface area contributed by atoms with Crippen molar-refractivity contribution < 1.29 is 9.59 Å². The minimum Gasteiger partial charge on any atom is -0.341 e. The molecule has 30 heavy (non-hydrogen) atoms. The summed E-state index contributed by atoms with van der Waals surface area (Å²) in [6, 6.07) is 0. The highest BCUT2D eigenvalue weighted by molar-refractivity contribution is 5.77. The molecule has 2 amide bonds. The molecule has 4 heteroatoms. The zero-order valence-corrected chi connectivity index (χ0v) is 20.9. The van der Waals surface area contributed by atoms with Crippen LogP contribution < -0.4 is 0 Å². The molecule has 4 nitrogen and oxygen atoms in total. The average molecular weight is 425 g/mol. The predicted octanol–water partition coefficient (Wildman–Crippen LogP) is 6.96. The van der Waals surface area contributed by atoms with E-state index in [0.717, 1.165) is 38.8 Å². The largest absolute Gasteiger partial charge is 0.341 e. The Hall–Kier alpha value is -1.06. The number of likely N-dealkylation sites (N-methyl/N-ethyl adjacent to an activating group) is 2. The highest BCUT2D eigenvalue weighted by atomic mass is 16.2. The van der Waals surface area contributed by atoms with E-state index in [1.54, 1.807) is 0 Å². The van der Waals surface area contributed by atoms with Gasteiger partial charge in [0.05, 0.1) is 0 Å². The molecule has 0 aliphatic carbocycles. The fraction of sp³-hybridized carbons (Fsp3) is 0.923. The molecule has 0 bridgehead atoms. The molecule has 0 heterocycles. The lowest BCUT2D eigenvalue weighted by Crippen LogP contribution is -2.40. The van der Waals surface area contributed by atoms with Crippen LogP contribution in [0.4, 0.5) is 0 Å². The molecule has 0 saturated carbocycles. The van der Waals surface area contributed by atoms with Crippen molar-refractivity contribution in [3.8, 4) is 0 Å². The van der Waals surface area contributed by atoms with Gasteiger partial charge in [-0.15, -0.1) is 0 Å². The third-order valence-electron chi connectivity index (χ3n) is 6.10. The van der Waals surface area contributed by atoms with Crippen molar-refractivity contribution in [2.45, 2.75) is 130 Å². The fourth-order valence-corrected chi connectivity index (χ4v) is 3.94. The molecular weight excluding hydrogens is 372 g/mol. The number of carbonyl (C=O) groups is 2. The van der Waals surface area contributed by atoms with Crippen molar-refractivity contribution in [1.82, 2.24) is 9.80 Å². The Labute approximate surface area is 188 Å². The van der Waals surface area contributed by atoms with E-state index >= 15 is 0 Å². The van der Waals surface area contributed by atoms with E-state index in [1.165, 1.54) is 64.2 Å². The maximum Gasteiger partial charge on any atom is 0.222 e. The minimum atomic E-state index is 0.252. The second-order valence-corrected chi connectivity index (χ2v) is 8.69. The summed E-state index contributed by atoms with van der Waals surface area (Å²) < 4.78 is 0. The van der Waals surface area contributed by atoms with Gasteiger partial charge >= 0.3 is 0 Å². The molecule has 0 atom stereocenters. The quantitative estimate of drug-likeness (QED) is 0.187. The molecule has 0 rings (SSSR count). The number of hydrogen-bond donors (Lipinski definition) is 0. The Morgan fingerprint density at radius 3 is 1.07 bits per heavy atom. The summed E-state index contributed by atoms with van der Waals surface area (Å²) in [7, 11) is 0. The Morgan fingerprint density at radius 1 is 0.467 bits per heavy atom. The number of rotatable bonds is 21. The zero-order chi connectivity index (χ0) is 22.5. The summed E-state index contributed by atoms with van der Waals surface area (Å²) in [6.07, 6.45) is 18.6. The van der Waals surface area contributed by atoms with E-state index in [9.17, 15) is 9.59 Å². The Bertz CT molecular complexity index is 374. The summed E-state index contributed by atoms with van der Waals surface area (Å²) in [6.45, 7) is 11.4. The van der Waals surface area contributed by atoms with Gasteiger partial charge in [0, 0.05) is 39.0 Å². The first-order valence-corrected chi connectivity index (χ1v) is 13.2. The monoisotopic (exact) mass is 424 g/mol. The molecule has 0 spiro atoms. The van der Waals surface area contributed by atoms with Gasteiger partial charge in [-0.2, -0.15) is 0 Å². The van der Waals surface area contributed by atoms with Crippen LogP contribution in [0.5, 0.6) is 0 Å². The van der Waals surface area contributed by atoms with Crippen molar-refractivity contribution in [2.75, 3.05) is 26.2 Å². The Morgan fingerprint density at radius 2 is 0.767 bits per heavy atom. The van der Waals surface area contributed by atoms with Crippen LogP contribution in [0.3, 0.4) is 0 Å². The van der Waals surface area contributed by atoms with Gasteiger partial charge in [-0.3, -0.25) is 9.59 Å². The van der Waals surface area contributed by atoms with E-state index in [1.807, 2.05) is 23.6 Å². The van der Waals surface area contributed by atoms with Gasteiger partial charge in [0.25, 0.3) is 0 Å². The van der Waals surface area contributed by atoms with Crippen molar-refractivity contribution in [3.63, 3.8) is 0 Å². The van der Waals surface area contributed by atoms with E-state index in [4.69, 9.17) is 0 Å². The minimum absolute atomic E-state index is 0.252. The molecule has 0 aliphatic rings. The molecule has 0 aromatic heterocycles. The van der Waals surface area contributed by atoms with Gasteiger partial charge in [0.1, 0.15) is 0 Å². The first-order chi connectivity index (χ1) is 14.6. The maximum absolute atomic E-state index is 12.5. The second-order valence-electron chi connectivity index (χ2n) is 8.69. The lowest BCUT2D eigenvalue weighted by molar-refractivity contribution is -0.135. The van der Waals surface area contributed by atoms with Gasteiger partial charge < -0.3 is 9.80 Å². The molecular formula is C26H52N2O2. The number of carbonyl (C=O) groups excluding carboxylic acids is 2. The van der Waals surface area contributed by atoms with Gasteiger partial charge in [-0.1, -0.05) is 90.9 Å².